The highest BCUT2D eigenvalue weighted by Crippen LogP contribution is 2.31. The molecule has 1 aliphatic heterocycles. The lowest BCUT2D eigenvalue weighted by molar-refractivity contribution is -0.135. The van der Waals surface area contributed by atoms with Crippen LogP contribution in [-0.2, 0) is 11.3 Å². The number of carbonyl (C=O) groups excluding carboxylic acids is 2. The van der Waals surface area contributed by atoms with E-state index in [1.165, 1.54) is 0 Å². The van der Waals surface area contributed by atoms with E-state index in [2.05, 4.69) is 11.1 Å². The zero-order valence-corrected chi connectivity index (χ0v) is 16.2. The predicted molar refractivity (Wildman–Crippen MR) is 109 cm³/mol. The number of nitrogens with zero attached hydrogens (tertiary/aromatic N) is 3. The fraction of sp³-hybridized carbons (Fsp3) is 0.348. The topological polar surface area (TPSA) is 55.2 Å². The number of para-hydroxylation sites is 1. The second kappa shape index (κ2) is 7.97. The number of pyridine rings is 1. The molecule has 28 heavy (non-hydrogen) atoms. The van der Waals surface area contributed by atoms with E-state index in [4.69, 9.17) is 0 Å². The molecule has 144 valence electrons. The average molecular weight is 375 g/mol. The quantitative estimate of drug-likeness (QED) is 0.622. The molecule has 0 unspecified atom stereocenters. The van der Waals surface area contributed by atoms with E-state index >= 15 is 0 Å². The third-order valence-electron chi connectivity index (χ3n) is 5.63. The van der Waals surface area contributed by atoms with Crippen molar-refractivity contribution in [2.75, 3.05) is 6.54 Å². The summed E-state index contributed by atoms with van der Waals surface area (Å²) in [6.07, 6.45) is 9.11. The summed E-state index contributed by atoms with van der Waals surface area (Å²) in [6, 6.07) is 12.0. The van der Waals surface area contributed by atoms with E-state index in [0.29, 0.717) is 18.5 Å². The Morgan fingerprint density at radius 3 is 2.79 bits per heavy atom. The molecule has 0 spiro atoms. The maximum atomic E-state index is 13.1. The number of Topliss-reactive ketones (excluding diaryl/α,β-unsaturated/α-hetero) is 1. The van der Waals surface area contributed by atoms with Crippen LogP contribution in [0, 0.1) is 0 Å². The van der Waals surface area contributed by atoms with E-state index in [9.17, 15) is 9.59 Å². The number of hydrogen-bond donors (Lipinski definition) is 0. The molecule has 5 heteroatoms. The van der Waals surface area contributed by atoms with Gasteiger partial charge in [-0.1, -0.05) is 24.3 Å². The Bertz CT molecular complexity index is 994. The van der Waals surface area contributed by atoms with Crippen molar-refractivity contribution in [3.8, 4) is 0 Å². The molecular weight excluding hydrogens is 350 g/mol. The van der Waals surface area contributed by atoms with Crippen LogP contribution in [0.5, 0.6) is 0 Å². The van der Waals surface area contributed by atoms with Crippen LogP contribution >= 0.6 is 0 Å². The molecule has 1 fully saturated rings. The first-order chi connectivity index (χ1) is 13.6. The number of aromatic nitrogens is 2. The predicted octanol–water partition coefficient (Wildman–Crippen LogP) is 4.38. The second-order valence-corrected chi connectivity index (χ2v) is 7.44. The largest absolute Gasteiger partial charge is 0.346 e. The standard InChI is InChI=1S/C23H25N3O2/c1-17(27)20-16-25(22-10-3-2-8-19(20)22)14-11-23(28)26-13-5-4-9-21(26)18-7-6-12-24-15-18/h2-3,6-8,10,12,15-16,21H,4-5,9,11,13-14H2,1H3/t21-/m0/s1. The van der Waals surface area contributed by atoms with Gasteiger partial charge in [0.15, 0.2) is 5.78 Å². The number of hydrogen-bond acceptors (Lipinski definition) is 3. The van der Waals surface area contributed by atoms with Crippen LogP contribution in [0.3, 0.4) is 0 Å². The molecule has 1 aliphatic rings. The van der Waals surface area contributed by atoms with Crippen LogP contribution in [0.2, 0.25) is 0 Å². The van der Waals surface area contributed by atoms with Gasteiger partial charge in [0.05, 0.1) is 6.04 Å². The fourth-order valence-electron chi connectivity index (χ4n) is 4.22. The van der Waals surface area contributed by atoms with Gasteiger partial charge in [-0.05, 0) is 43.9 Å². The van der Waals surface area contributed by atoms with E-state index < -0.39 is 0 Å². The van der Waals surface area contributed by atoms with Gasteiger partial charge in [0, 0.05) is 54.6 Å². The van der Waals surface area contributed by atoms with Crippen LogP contribution in [-0.4, -0.2) is 32.7 Å². The van der Waals surface area contributed by atoms with Crippen molar-refractivity contribution < 1.29 is 9.59 Å². The monoisotopic (exact) mass is 375 g/mol. The molecule has 5 nitrogen and oxygen atoms in total. The first-order valence-electron chi connectivity index (χ1n) is 9.93. The molecule has 0 N–H and O–H groups in total. The summed E-state index contributed by atoms with van der Waals surface area (Å²) in [5.41, 5.74) is 2.83. The van der Waals surface area contributed by atoms with Crippen molar-refractivity contribution in [1.29, 1.82) is 0 Å². The van der Waals surface area contributed by atoms with Crippen LogP contribution < -0.4 is 0 Å². The lowest BCUT2D eigenvalue weighted by atomic mass is 9.96. The molecule has 1 atom stereocenters. The van der Waals surface area contributed by atoms with Gasteiger partial charge in [-0.3, -0.25) is 14.6 Å². The summed E-state index contributed by atoms with van der Waals surface area (Å²) in [5, 5.41) is 0.952. The summed E-state index contributed by atoms with van der Waals surface area (Å²) in [6.45, 7) is 2.95. The molecule has 0 saturated carbocycles. The summed E-state index contributed by atoms with van der Waals surface area (Å²) < 4.78 is 2.03. The summed E-state index contributed by atoms with van der Waals surface area (Å²) in [4.78, 5) is 31.3. The van der Waals surface area contributed by atoms with Crippen molar-refractivity contribution in [2.24, 2.45) is 0 Å². The smallest absolute Gasteiger partial charge is 0.224 e. The highest BCUT2D eigenvalue weighted by atomic mass is 16.2. The van der Waals surface area contributed by atoms with Gasteiger partial charge in [0.2, 0.25) is 5.91 Å². The molecule has 1 saturated heterocycles. The molecule has 0 aliphatic carbocycles. The summed E-state index contributed by atoms with van der Waals surface area (Å²) >= 11 is 0. The van der Waals surface area contributed by atoms with Crippen LogP contribution in [0.1, 0.15) is 54.6 Å². The Kier molecular flexibility index (Phi) is 5.24. The highest BCUT2D eigenvalue weighted by Gasteiger charge is 2.27. The van der Waals surface area contributed by atoms with Crippen LogP contribution in [0.15, 0.2) is 55.0 Å². The highest BCUT2D eigenvalue weighted by molar-refractivity contribution is 6.06. The number of amides is 1. The maximum absolute atomic E-state index is 13.1. The lowest BCUT2D eigenvalue weighted by Crippen LogP contribution is -2.38. The first-order valence-corrected chi connectivity index (χ1v) is 9.93. The van der Waals surface area contributed by atoms with Gasteiger partial charge < -0.3 is 9.47 Å². The van der Waals surface area contributed by atoms with Crippen molar-refractivity contribution in [3.63, 3.8) is 0 Å². The van der Waals surface area contributed by atoms with Crippen molar-refractivity contribution >= 4 is 22.6 Å². The van der Waals surface area contributed by atoms with E-state index in [1.54, 1.807) is 13.1 Å². The minimum Gasteiger partial charge on any atom is -0.346 e. The van der Waals surface area contributed by atoms with Gasteiger partial charge in [-0.15, -0.1) is 0 Å². The molecular formula is C23H25N3O2. The normalized spacial score (nSPS) is 17.0. The molecule has 2 aromatic heterocycles. The number of fused-ring (bicyclic) bond motifs is 1. The van der Waals surface area contributed by atoms with Gasteiger partial charge in [0.25, 0.3) is 0 Å². The van der Waals surface area contributed by atoms with Gasteiger partial charge in [0.1, 0.15) is 0 Å². The lowest BCUT2D eigenvalue weighted by Gasteiger charge is -2.36. The number of piperidine rings is 1. The average Bonchev–Trinajstić information content (AvgIpc) is 3.12. The van der Waals surface area contributed by atoms with E-state index in [1.807, 2.05) is 52.2 Å². The molecule has 1 amide bonds. The molecule has 1 aromatic carbocycles. The molecule has 3 aromatic rings. The molecule has 0 bridgehead atoms. The Balaban J connectivity index is 1.52. The Labute approximate surface area is 165 Å². The third kappa shape index (κ3) is 3.57. The minimum atomic E-state index is 0.0500. The Hall–Kier alpha value is -2.95. The minimum absolute atomic E-state index is 0.0500. The molecule has 0 radical (unpaired) electrons. The third-order valence-corrected chi connectivity index (χ3v) is 5.63. The molecule has 3 heterocycles. The van der Waals surface area contributed by atoms with E-state index in [0.717, 1.165) is 42.3 Å². The number of likely N-dealkylation sites (tertiary alicyclic amines) is 1. The van der Waals surface area contributed by atoms with Crippen molar-refractivity contribution in [1.82, 2.24) is 14.5 Å². The Morgan fingerprint density at radius 1 is 1.14 bits per heavy atom. The first kappa shape index (κ1) is 18.4. The van der Waals surface area contributed by atoms with Gasteiger partial charge >= 0.3 is 0 Å². The fourth-order valence-corrected chi connectivity index (χ4v) is 4.22. The maximum Gasteiger partial charge on any atom is 0.224 e. The number of rotatable bonds is 5. The number of ketones is 1. The summed E-state index contributed by atoms with van der Waals surface area (Å²) in [5.74, 6) is 0.213. The van der Waals surface area contributed by atoms with Crippen molar-refractivity contribution in [3.05, 3.63) is 66.1 Å². The number of carbonyl (C=O) groups is 2. The second-order valence-electron chi connectivity index (χ2n) is 7.44. The van der Waals surface area contributed by atoms with E-state index in [-0.39, 0.29) is 17.7 Å². The van der Waals surface area contributed by atoms with Crippen LogP contribution in [0.25, 0.3) is 10.9 Å². The Morgan fingerprint density at radius 2 is 2.00 bits per heavy atom. The zero-order valence-electron chi connectivity index (χ0n) is 16.2. The molecule has 4 rings (SSSR count). The van der Waals surface area contributed by atoms with Gasteiger partial charge in [-0.25, -0.2) is 0 Å². The van der Waals surface area contributed by atoms with Crippen LogP contribution in [0.4, 0.5) is 0 Å². The number of aryl methyl sites for hydroxylation is 1. The summed E-state index contributed by atoms with van der Waals surface area (Å²) in [7, 11) is 0. The SMILES string of the molecule is CC(=O)c1cn(CCC(=O)N2CCCC[C@H]2c2cccnc2)c2ccccc12. The zero-order chi connectivity index (χ0) is 19.5. The number of benzene rings is 1. The van der Waals surface area contributed by atoms with Crippen molar-refractivity contribution in [2.45, 2.75) is 45.2 Å². The van der Waals surface area contributed by atoms with Gasteiger partial charge in [-0.2, -0.15) is 0 Å².